The van der Waals surface area contributed by atoms with Gasteiger partial charge in [0.25, 0.3) is 0 Å². The predicted octanol–water partition coefficient (Wildman–Crippen LogP) is 2.36. The summed E-state index contributed by atoms with van der Waals surface area (Å²) in [5.41, 5.74) is 2.03. The molecule has 1 N–H and O–H groups in total. The van der Waals surface area contributed by atoms with Crippen LogP contribution in [-0.4, -0.2) is 32.4 Å². The maximum atomic E-state index is 12.4. The molecule has 0 aliphatic heterocycles. The van der Waals surface area contributed by atoms with Gasteiger partial charge in [-0.2, -0.15) is 0 Å². The maximum absolute atomic E-state index is 12.4. The van der Waals surface area contributed by atoms with Crippen molar-refractivity contribution < 1.29 is 8.42 Å². The van der Waals surface area contributed by atoms with Crippen LogP contribution in [0.1, 0.15) is 37.8 Å². The Morgan fingerprint density at radius 3 is 2.33 bits per heavy atom. The molecule has 1 atom stereocenters. The predicted molar refractivity (Wildman–Crippen MR) is 86.4 cm³/mol. The van der Waals surface area contributed by atoms with Gasteiger partial charge >= 0.3 is 0 Å². The van der Waals surface area contributed by atoms with Gasteiger partial charge in [-0.1, -0.05) is 31.2 Å². The molecule has 1 saturated carbocycles. The number of nitrogens with one attached hydrogen (secondary N) is 1. The number of hydrogen-bond donors (Lipinski definition) is 1. The molecule has 1 aliphatic carbocycles. The van der Waals surface area contributed by atoms with Gasteiger partial charge in [0.2, 0.25) is 10.0 Å². The fraction of sp³-hybridized carbons (Fsp3) is 0.625. The van der Waals surface area contributed by atoms with Crippen LogP contribution in [-0.2, 0) is 22.3 Å². The molecule has 0 amide bonds. The third-order valence-corrected chi connectivity index (χ3v) is 6.18. The Kier molecular flexibility index (Phi) is 5.41. The number of benzene rings is 1. The molecule has 118 valence electrons. The Balaban J connectivity index is 1.98. The van der Waals surface area contributed by atoms with Gasteiger partial charge in [0, 0.05) is 19.6 Å². The average molecular weight is 310 g/mol. The van der Waals surface area contributed by atoms with E-state index in [2.05, 4.69) is 12.2 Å². The van der Waals surface area contributed by atoms with Gasteiger partial charge in [0.15, 0.2) is 0 Å². The lowest BCUT2D eigenvalue weighted by Gasteiger charge is -2.24. The van der Waals surface area contributed by atoms with Crippen LogP contribution in [0.5, 0.6) is 0 Å². The first-order valence-electron chi connectivity index (χ1n) is 7.68. The minimum absolute atomic E-state index is 0.0854. The highest BCUT2D eigenvalue weighted by molar-refractivity contribution is 7.88. The zero-order valence-corrected chi connectivity index (χ0v) is 14.0. The van der Waals surface area contributed by atoms with Crippen LogP contribution >= 0.6 is 0 Å². The topological polar surface area (TPSA) is 49.4 Å². The summed E-state index contributed by atoms with van der Waals surface area (Å²) in [5, 5.41) is 3.26. The summed E-state index contributed by atoms with van der Waals surface area (Å²) in [6.45, 7) is 5.83. The smallest absolute Gasteiger partial charge is 0.218 e. The summed E-state index contributed by atoms with van der Waals surface area (Å²) in [7, 11) is -1.52. The van der Waals surface area contributed by atoms with Crippen molar-refractivity contribution in [1.82, 2.24) is 9.62 Å². The summed E-state index contributed by atoms with van der Waals surface area (Å²) in [6, 6.07) is 7.94. The van der Waals surface area contributed by atoms with Gasteiger partial charge in [-0.3, -0.25) is 0 Å². The third kappa shape index (κ3) is 4.53. The van der Waals surface area contributed by atoms with E-state index < -0.39 is 10.0 Å². The SMILES string of the molecule is CCNCc1ccc(CS(=O)(=O)N(C)C(C)C2CC2)cc1. The van der Waals surface area contributed by atoms with Crippen molar-refractivity contribution in [2.24, 2.45) is 5.92 Å². The number of sulfonamides is 1. The van der Waals surface area contributed by atoms with E-state index in [0.29, 0.717) is 5.92 Å². The second-order valence-electron chi connectivity index (χ2n) is 5.95. The molecule has 1 unspecified atom stereocenters. The van der Waals surface area contributed by atoms with Crippen LogP contribution in [0.15, 0.2) is 24.3 Å². The van der Waals surface area contributed by atoms with E-state index in [1.807, 2.05) is 31.2 Å². The largest absolute Gasteiger partial charge is 0.313 e. The molecule has 21 heavy (non-hydrogen) atoms. The standard InChI is InChI=1S/C16H26N2O2S/c1-4-17-11-14-5-7-15(8-6-14)12-21(19,20)18(3)13(2)16-9-10-16/h5-8,13,16-17H,4,9-12H2,1-3H3. The fourth-order valence-electron chi connectivity index (χ4n) is 2.46. The summed E-state index contributed by atoms with van der Waals surface area (Å²) < 4.78 is 26.4. The Morgan fingerprint density at radius 2 is 1.81 bits per heavy atom. The molecule has 5 heteroatoms. The molecular weight excluding hydrogens is 284 g/mol. The highest BCUT2D eigenvalue weighted by Gasteiger charge is 2.35. The second kappa shape index (κ2) is 6.90. The molecule has 1 aromatic rings. The minimum Gasteiger partial charge on any atom is -0.313 e. The molecule has 0 radical (unpaired) electrons. The first kappa shape index (κ1) is 16.5. The van der Waals surface area contributed by atoms with Gasteiger partial charge in [-0.05, 0) is 43.4 Å². The third-order valence-electron chi connectivity index (χ3n) is 4.27. The van der Waals surface area contributed by atoms with Crippen molar-refractivity contribution in [3.63, 3.8) is 0 Å². The van der Waals surface area contributed by atoms with E-state index in [1.54, 1.807) is 11.4 Å². The van der Waals surface area contributed by atoms with E-state index in [4.69, 9.17) is 0 Å². The van der Waals surface area contributed by atoms with Gasteiger partial charge in [0.05, 0.1) is 5.75 Å². The molecule has 2 rings (SSSR count). The summed E-state index contributed by atoms with van der Waals surface area (Å²) in [4.78, 5) is 0. The summed E-state index contributed by atoms with van der Waals surface area (Å²) in [5.74, 6) is 0.634. The number of rotatable bonds is 8. The van der Waals surface area contributed by atoms with E-state index in [0.717, 1.165) is 31.5 Å². The average Bonchev–Trinajstić information content (AvgIpc) is 3.29. The van der Waals surface area contributed by atoms with E-state index in [9.17, 15) is 8.42 Å². The lowest BCUT2D eigenvalue weighted by atomic mass is 10.1. The number of nitrogens with zero attached hydrogens (tertiary/aromatic N) is 1. The lowest BCUT2D eigenvalue weighted by molar-refractivity contribution is 0.356. The molecule has 1 aliphatic rings. The maximum Gasteiger partial charge on any atom is 0.218 e. The van der Waals surface area contributed by atoms with Crippen LogP contribution < -0.4 is 5.32 Å². The van der Waals surface area contributed by atoms with E-state index >= 15 is 0 Å². The first-order valence-corrected chi connectivity index (χ1v) is 9.29. The Labute approximate surface area is 128 Å². The quantitative estimate of drug-likeness (QED) is 0.802. The summed E-state index contributed by atoms with van der Waals surface area (Å²) >= 11 is 0. The molecule has 1 aromatic carbocycles. The van der Waals surface area contributed by atoms with Crippen molar-refractivity contribution in [1.29, 1.82) is 0 Å². The van der Waals surface area contributed by atoms with E-state index in [1.165, 1.54) is 5.56 Å². The molecular formula is C16H26N2O2S. The zero-order chi connectivity index (χ0) is 15.5. The van der Waals surface area contributed by atoms with Crippen LogP contribution in [0, 0.1) is 5.92 Å². The lowest BCUT2D eigenvalue weighted by Crippen LogP contribution is -2.37. The fourth-order valence-corrected chi connectivity index (χ4v) is 3.96. The Hall–Kier alpha value is -0.910. The molecule has 0 spiro atoms. The second-order valence-corrected chi connectivity index (χ2v) is 7.98. The minimum atomic E-state index is -3.23. The molecule has 0 heterocycles. The Bertz CT molecular complexity index is 550. The van der Waals surface area contributed by atoms with Crippen LogP contribution in [0.4, 0.5) is 0 Å². The molecule has 4 nitrogen and oxygen atoms in total. The van der Waals surface area contributed by atoms with Crippen molar-refractivity contribution in [3.8, 4) is 0 Å². The van der Waals surface area contributed by atoms with Crippen molar-refractivity contribution in [2.75, 3.05) is 13.6 Å². The highest BCUT2D eigenvalue weighted by Crippen LogP contribution is 2.35. The first-order chi connectivity index (χ1) is 9.94. The summed E-state index contributed by atoms with van der Waals surface area (Å²) in [6.07, 6.45) is 2.31. The highest BCUT2D eigenvalue weighted by atomic mass is 32.2. The van der Waals surface area contributed by atoms with Crippen LogP contribution in [0.25, 0.3) is 0 Å². The monoisotopic (exact) mass is 310 g/mol. The van der Waals surface area contributed by atoms with Gasteiger partial charge in [0.1, 0.15) is 0 Å². The van der Waals surface area contributed by atoms with Crippen LogP contribution in [0.3, 0.4) is 0 Å². The van der Waals surface area contributed by atoms with Gasteiger partial charge < -0.3 is 5.32 Å². The van der Waals surface area contributed by atoms with E-state index in [-0.39, 0.29) is 11.8 Å². The molecule has 1 fully saturated rings. The van der Waals surface area contributed by atoms with Crippen molar-refractivity contribution >= 4 is 10.0 Å². The normalized spacial score (nSPS) is 17.1. The van der Waals surface area contributed by atoms with Gasteiger partial charge in [-0.15, -0.1) is 0 Å². The van der Waals surface area contributed by atoms with Gasteiger partial charge in [-0.25, -0.2) is 12.7 Å². The van der Waals surface area contributed by atoms with Crippen LogP contribution in [0.2, 0.25) is 0 Å². The van der Waals surface area contributed by atoms with Crippen molar-refractivity contribution in [2.45, 2.75) is 45.0 Å². The zero-order valence-electron chi connectivity index (χ0n) is 13.2. The molecule has 0 saturated heterocycles. The van der Waals surface area contributed by atoms with Crippen molar-refractivity contribution in [3.05, 3.63) is 35.4 Å². The Morgan fingerprint density at radius 1 is 1.24 bits per heavy atom. The number of hydrogen-bond acceptors (Lipinski definition) is 3. The molecule has 0 bridgehead atoms. The molecule has 0 aromatic heterocycles.